The Bertz CT molecular complexity index is 350. The molecule has 0 amide bonds. The maximum atomic E-state index is 9.30. The Hall–Kier alpha value is -1.06. The highest BCUT2D eigenvalue weighted by Crippen LogP contribution is 2.23. The molecular weight excluding hydrogens is 214 g/mol. The maximum Gasteiger partial charge on any atom is 0.119 e. The zero-order valence-corrected chi connectivity index (χ0v) is 10.9. The molecule has 1 rings (SSSR count). The van der Waals surface area contributed by atoms with Crippen LogP contribution in [0.2, 0.25) is 0 Å². The van der Waals surface area contributed by atoms with E-state index in [1.807, 2.05) is 12.1 Å². The van der Waals surface area contributed by atoms with Crippen molar-refractivity contribution in [1.82, 2.24) is 0 Å². The minimum absolute atomic E-state index is 0.286. The smallest absolute Gasteiger partial charge is 0.119 e. The molecular formula is C14H23NO2. The Kier molecular flexibility index (Phi) is 5.45. The number of benzene rings is 1. The van der Waals surface area contributed by atoms with E-state index in [0.717, 1.165) is 5.75 Å². The molecule has 0 aromatic heterocycles. The highest BCUT2D eigenvalue weighted by molar-refractivity contribution is 5.36. The van der Waals surface area contributed by atoms with Crippen LogP contribution in [0.4, 0.5) is 0 Å². The van der Waals surface area contributed by atoms with Crippen LogP contribution in [0.5, 0.6) is 5.75 Å². The summed E-state index contributed by atoms with van der Waals surface area (Å²) < 4.78 is 5.58. The largest absolute Gasteiger partial charge is 0.493 e. The van der Waals surface area contributed by atoms with E-state index in [2.05, 4.69) is 26.8 Å². The Balaban J connectivity index is 2.53. The second-order valence-electron chi connectivity index (χ2n) is 4.70. The van der Waals surface area contributed by atoms with Crippen LogP contribution in [0.1, 0.15) is 37.3 Å². The van der Waals surface area contributed by atoms with Gasteiger partial charge in [-0.1, -0.05) is 19.9 Å². The first-order valence-electron chi connectivity index (χ1n) is 6.16. The monoisotopic (exact) mass is 237 g/mol. The number of aliphatic hydroxyl groups is 1. The SMILES string of the molecule is Cc1cc(OCCC(O)CN)ccc1C(C)C. The second kappa shape index (κ2) is 6.62. The number of hydrogen-bond acceptors (Lipinski definition) is 3. The molecule has 0 spiro atoms. The third-order valence-electron chi connectivity index (χ3n) is 2.86. The molecule has 1 aromatic carbocycles. The van der Waals surface area contributed by atoms with Crippen molar-refractivity contribution in [3.05, 3.63) is 29.3 Å². The van der Waals surface area contributed by atoms with Gasteiger partial charge in [-0.2, -0.15) is 0 Å². The van der Waals surface area contributed by atoms with Crippen molar-refractivity contribution in [3.63, 3.8) is 0 Å². The van der Waals surface area contributed by atoms with Gasteiger partial charge in [0, 0.05) is 13.0 Å². The Morgan fingerprint density at radius 2 is 2.06 bits per heavy atom. The standard InChI is InChI=1S/C14H23NO2/c1-10(2)14-5-4-13(8-11(14)3)17-7-6-12(16)9-15/h4-5,8,10,12,16H,6-7,9,15H2,1-3H3. The first kappa shape index (κ1) is 14.0. The van der Waals surface area contributed by atoms with Crippen molar-refractivity contribution in [3.8, 4) is 5.75 Å². The minimum atomic E-state index is -0.467. The van der Waals surface area contributed by atoms with Crippen LogP contribution >= 0.6 is 0 Å². The van der Waals surface area contributed by atoms with Gasteiger partial charge in [0.25, 0.3) is 0 Å². The predicted octanol–water partition coefficient (Wildman–Crippen LogP) is 2.21. The topological polar surface area (TPSA) is 55.5 Å². The summed E-state index contributed by atoms with van der Waals surface area (Å²) in [6.45, 7) is 7.24. The summed E-state index contributed by atoms with van der Waals surface area (Å²) in [5.41, 5.74) is 7.92. The molecule has 1 aromatic rings. The van der Waals surface area contributed by atoms with Gasteiger partial charge in [0.2, 0.25) is 0 Å². The Labute approximate surface area is 104 Å². The van der Waals surface area contributed by atoms with Gasteiger partial charge in [0.1, 0.15) is 5.75 Å². The van der Waals surface area contributed by atoms with E-state index in [1.165, 1.54) is 11.1 Å². The van der Waals surface area contributed by atoms with Gasteiger partial charge in [-0.05, 0) is 36.1 Å². The summed E-state index contributed by atoms with van der Waals surface area (Å²) in [5, 5.41) is 9.30. The zero-order valence-electron chi connectivity index (χ0n) is 10.9. The summed E-state index contributed by atoms with van der Waals surface area (Å²) >= 11 is 0. The molecule has 3 heteroatoms. The lowest BCUT2D eigenvalue weighted by Gasteiger charge is -2.13. The number of aliphatic hydroxyl groups excluding tert-OH is 1. The van der Waals surface area contributed by atoms with Crippen molar-refractivity contribution in [2.45, 2.75) is 39.2 Å². The van der Waals surface area contributed by atoms with E-state index < -0.39 is 6.10 Å². The maximum absolute atomic E-state index is 9.30. The Morgan fingerprint density at radius 1 is 1.35 bits per heavy atom. The molecule has 0 aliphatic rings. The molecule has 96 valence electrons. The second-order valence-corrected chi connectivity index (χ2v) is 4.70. The highest BCUT2D eigenvalue weighted by atomic mass is 16.5. The molecule has 0 aliphatic heterocycles. The molecule has 0 saturated carbocycles. The van der Waals surface area contributed by atoms with Crippen molar-refractivity contribution >= 4 is 0 Å². The summed E-state index contributed by atoms with van der Waals surface area (Å²) in [4.78, 5) is 0. The Morgan fingerprint density at radius 3 is 2.59 bits per heavy atom. The van der Waals surface area contributed by atoms with Crippen molar-refractivity contribution < 1.29 is 9.84 Å². The predicted molar refractivity (Wildman–Crippen MR) is 70.4 cm³/mol. The molecule has 3 nitrogen and oxygen atoms in total. The van der Waals surface area contributed by atoms with Gasteiger partial charge in [-0.25, -0.2) is 0 Å². The summed E-state index contributed by atoms with van der Waals surface area (Å²) in [6.07, 6.45) is 0.104. The number of rotatable bonds is 6. The van der Waals surface area contributed by atoms with Crippen LogP contribution in [-0.2, 0) is 0 Å². The number of nitrogens with two attached hydrogens (primary N) is 1. The fraction of sp³-hybridized carbons (Fsp3) is 0.571. The van der Waals surface area contributed by atoms with Gasteiger partial charge in [0.05, 0.1) is 12.7 Å². The number of ether oxygens (including phenoxy) is 1. The first-order chi connectivity index (χ1) is 8.04. The third-order valence-corrected chi connectivity index (χ3v) is 2.86. The minimum Gasteiger partial charge on any atom is -0.493 e. The highest BCUT2D eigenvalue weighted by Gasteiger charge is 2.05. The first-order valence-corrected chi connectivity index (χ1v) is 6.16. The molecule has 0 radical (unpaired) electrons. The lowest BCUT2D eigenvalue weighted by molar-refractivity contribution is 0.146. The van der Waals surface area contributed by atoms with Gasteiger partial charge in [-0.15, -0.1) is 0 Å². The molecule has 0 aliphatic carbocycles. The molecule has 17 heavy (non-hydrogen) atoms. The van der Waals surface area contributed by atoms with Gasteiger partial charge >= 0.3 is 0 Å². The summed E-state index contributed by atoms with van der Waals surface area (Å²) in [5.74, 6) is 1.39. The van der Waals surface area contributed by atoms with Crippen molar-refractivity contribution in [2.24, 2.45) is 5.73 Å². The van der Waals surface area contributed by atoms with Crippen LogP contribution < -0.4 is 10.5 Å². The van der Waals surface area contributed by atoms with Crippen LogP contribution in [0.15, 0.2) is 18.2 Å². The third kappa shape index (κ3) is 4.36. The van der Waals surface area contributed by atoms with Crippen molar-refractivity contribution in [2.75, 3.05) is 13.2 Å². The van der Waals surface area contributed by atoms with E-state index in [1.54, 1.807) is 0 Å². The van der Waals surface area contributed by atoms with Crippen LogP contribution in [0, 0.1) is 6.92 Å². The zero-order chi connectivity index (χ0) is 12.8. The van der Waals surface area contributed by atoms with Gasteiger partial charge in [0.15, 0.2) is 0 Å². The molecule has 0 heterocycles. The van der Waals surface area contributed by atoms with Crippen LogP contribution in [-0.4, -0.2) is 24.4 Å². The fourth-order valence-corrected chi connectivity index (χ4v) is 1.82. The van der Waals surface area contributed by atoms with E-state index in [0.29, 0.717) is 18.9 Å². The number of aryl methyl sites for hydroxylation is 1. The molecule has 3 N–H and O–H groups in total. The lowest BCUT2D eigenvalue weighted by atomic mass is 9.98. The normalized spacial score (nSPS) is 12.8. The van der Waals surface area contributed by atoms with Crippen molar-refractivity contribution in [1.29, 1.82) is 0 Å². The molecule has 1 atom stereocenters. The van der Waals surface area contributed by atoms with E-state index in [-0.39, 0.29) is 6.54 Å². The van der Waals surface area contributed by atoms with E-state index in [9.17, 15) is 5.11 Å². The van der Waals surface area contributed by atoms with E-state index in [4.69, 9.17) is 10.5 Å². The average Bonchev–Trinajstić information content (AvgIpc) is 2.28. The summed E-state index contributed by atoms with van der Waals surface area (Å²) in [7, 11) is 0. The lowest BCUT2D eigenvalue weighted by Crippen LogP contribution is -2.21. The molecule has 0 fully saturated rings. The fourth-order valence-electron chi connectivity index (χ4n) is 1.82. The van der Waals surface area contributed by atoms with Gasteiger partial charge < -0.3 is 15.6 Å². The van der Waals surface area contributed by atoms with Gasteiger partial charge in [-0.3, -0.25) is 0 Å². The van der Waals surface area contributed by atoms with Crippen LogP contribution in [0.25, 0.3) is 0 Å². The summed E-state index contributed by atoms with van der Waals surface area (Å²) in [6, 6.07) is 6.13. The molecule has 0 bridgehead atoms. The number of hydrogen-bond donors (Lipinski definition) is 2. The van der Waals surface area contributed by atoms with E-state index >= 15 is 0 Å². The average molecular weight is 237 g/mol. The quantitative estimate of drug-likeness (QED) is 0.797. The molecule has 0 saturated heterocycles. The van der Waals surface area contributed by atoms with Crippen LogP contribution in [0.3, 0.4) is 0 Å². The molecule has 1 unspecified atom stereocenters.